The molecule has 0 heterocycles. The summed E-state index contributed by atoms with van der Waals surface area (Å²) < 4.78 is 4.65. The summed E-state index contributed by atoms with van der Waals surface area (Å²) in [6, 6.07) is -0.289. The lowest BCUT2D eigenvalue weighted by atomic mass is 10.0. The molecular weight excluding hydrogens is 220 g/mol. The minimum atomic E-state index is -0.578. The normalized spacial score (nSPS) is 14.2. The van der Waals surface area contributed by atoms with E-state index < -0.39 is 12.0 Å². The van der Waals surface area contributed by atoms with E-state index in [0.717, 1.165) is 6.42 Å². The van der Waals surface area contributed by atoms with E-state index in [9.17, 15) is 9.59 Å². The van der Waals surface area contributed by atoms with Crippen LogP contribution in [0.3, 0.4) is 0 Å². The Bertz CT molecular complexity index is 254. The molecule has 0 saturated carbocycles. The van der Waals surface area contributed by atoms with Crippen molar-refractivity contribution in [3.8, 4) is 0 Å². The van der Waals surface area contributed by atoms with Crippen molar-refractivity contribution in [1.29, 1.82) is 0 Å². The maximum Gasteiger partial charge on any atom is 0.328 e. The zero-order chi connectivity index (χ0) is 13.4. The summed E-state index contributed by atoms with van der Waals surface area (Å²) >= 11 is 0. The quantitative estimate of drug-likeness (QED) is 0.647. The fraction of sp³-hybridized carbons (Fsp3) is 0.833. The van der Waals surface area contributed by atoms with Crippen LogP contribution in [0.4, 0.5) is 0 Å². The number of ether oxygens (including phenoxy) is 1. The van der Waals surface area contributed by atoms with Crippen molar-refractivity contribution in [2.45, 2.75) is 46.2 Å². The average Bonchev–Trinajstić information content (AvgIpc) is 2.31. The average molecular weight is 244 g/mol. The molecule has 0 radical (unpaired) electrons. The lowest BCUT2D eigenvalue weighted by Gasteiger charge is -2.20. The largest absolute Gasteiger partial charge is 0.467 e. The molecular formula is C12H24N2O3. The highest BCUT2D eigenvalue weighted by Crippen LogP contribution is 2.03. The number of rotatable bonds is 7. The Morgan fingerprint density at radius 1 is 1.24 bits per heavy atom. The zero-order valence-corrected chi connectivity index (χ0v) is 11.4. The lowest BCUT2D eigenvalue weighted by molar-refractivity contribution is -0.146. The first-order valence-electron chi connectivity index (χ1n) is 6.02. The molecule has 0 rings (SSSR count). The molecule has 0 aliphatic heterocycles. The van der Waals surface area contributed by atoms with Crippen LogP contribution in [0.5, 0.6) is 0 Å². The highest BCUT2D eigenvalue weighted by Gasteiger charge is 2.24. The highest BCUT2D eigenvalue weighted by molar-refractivity contribution is 5.85. The van der Waals surface area contributed by atoms with Gasteiger partial charge in [0.1, 0.15) is 6.04 Å². The SMILES string of the molecule is CCC(C)NCC(=O)N[C@@H](C(=O)OC)C(C)C. The van der Waals surface area contributed by atoms with E-state index in [-0.39, 0.29) is 24.4 Å². The van der Waals surface area contributed by atoms with Crippen molar-refractivity contribution in [2.75, 3.05) is 13.7 Å². The first-order valence-corrected chi connectivity index (χ1v) is 6.02. The van der Waals surface area contributed by atoms with Gasteiger partial charge >= 0.3 is 5.97 Å². The number of methoxy groups -OCH3 is 1. The molecule has 1 amide bonds. The van der Waals surface area contributed by atoms with Crippen LogP contribution in [0.15, 0.2) is 0 Å². The van der Waals surface area contributed by atoms with E-state index in [2.05, 4.69) is 15.4 Å². The van der Waals surface area contributed by atoms with Crippen molar-refractivity contribution in [1.82, 2.24) is 10.6 Å². The summed E-state index contributed by atoms with van der Waals surface area (Å²) in [6.45, 7) is 8.00. The van der Waals surface area contributed by atoms with E-state index in [0.29, 0.717) is 0 Å². The van der Waals surface area contributed by atoms with Crippen LogP contribution >= 0.6 is 0 Å². The van der Waals surface area contributed by atoms with Gasteiger partial charge in [0, 0.05) is 6.04 Å². The molecule has 17 heavy (non-hydrogen) atoms. The Labute approximate surface area is 103 Å². The van der Waals surface area contributed by atoms with Gasteiger partial charge in [0.25, 0.3) is 0 Å². The van der Waals surface area contributed by atoms with Crippen LogP contribution in [-0.2, 0) is 14.3 Å². The highest BCUT2D eigenvalue weighted by atomic mass is 16.5. The van der Waals surface area contributed by atoms with Crippen molar-refractivity contribution < 1.29 is 14.3 Å². The fourth-order valence-electron chi connectivity index (χ4n) is 1.26. The lowest BCUT2D eigenvalue weighted by Crippen LogP contribution is -2.48. The molecule has 0 spiro atoms. The molecule has 0 aromatic rings. The van der Waals surface area contributed by atoms with Crippen molar-refractivity contribution in [3.05, 3.63) is 0 Å². The molecule has 0 saturated heterocycles. The van der Waals surface area contributed by atoms with Crippen LogP contribution < -0.4 is 10.6 Å². The van der Waals surface area contributed by atoms with Crippen LogP contribution in [0.2, 0.25) is 0 Å². The molecule has 0 aliphatic rings. The van der Waals surface area contributed by atoms with Crippen molar-refractivity contribution >= 4 is 11.9 Å². The number of hydrogen-bond donors (Lipinski definition) is 2. The zero-order valence-electron chi connectivity index (χ0n) is 11.4. The molecule has 0 fully saturated rings. The van der Waals surface area contributed by atoms with Gasteiger partial charge in [-0.05, 0) is 19.3 Å². The van der Waals surface area contributed by atoms with E-state index >= 15 is 0 Å². The minimum absolute atomic E-state index is 0.00926. The molecule has 0 aromatic heterocycles. The predicted molar refractivity (Wildman–Crippen MR) is 66.5 cm³/mol. The first-order chi connectivity index (χ1) is 7.92. The monoisotopic (exact) mass is 244 g/mol. The number of esters is 1. The predicted octanol–water partition coefficient (Wildman–Crippen LogP) is 0.688. The Balaban J connectivity index is 4.18. The Morgan fingerprint density at radius 2 is 1.82 bits per heavy atom. The molecule has 1 unspecified atom stereocenters. The molecule has 5 heteroatoms. The second kappa shape index (κ2) is 8.06. The van der Waals surface area contributed by atoms with Gasteiger partial charge in [-0.3, -0.25) is 4.79 Å². The standard InChI is InChI=1S/C12H24N2O3/c1-6-9(4)13-7-10(15)14-11(8(2)3)12(16)17-5/h8-9,11,13H,6-7H2,1-5H3,(H,14,15)/t9?,11-/m1/s1. The molecule has 0 bridgehead atoms. The number of hydrogen-bond acceptors (Lipinski definition) is 4. The Hall–Kier alpha value is -1.10. The summed E-state index contributed by atoms with van der Waals surface area (Å²) in [6.07, 6.45) is 0.956. The van der Waals surface area contributed by atoms with Gasteiger partial charge in [0.2, 0.25) is 5.91 Å². The number of amides is 1. The van der Waals surface area contributed by atoms with E-state index in [1.807, 2.05) is 27.7 Å². The summed E-state index contributed by atoms with van der Waals surface area (Å²) in [7, 11) is 1.32. The summed E-state index contributed by atoms with van der Waals surface area (Å²) in [5, 5.41) is 5.74. The second-order valence-electron chi connectivity index (χ2n) is 4.50. The molecule has 0 aliphatic carbocycles. The maximum absolute atomic E-state index is 11.6. The van der Waals surface area contributed by atoms with Crippen molar-refractivity contribution in [2.24, 2.45) is 5.92 Å². The molecule has 0 aromatic carbocycles. The van der Waals surface area contributed by atoms with Gasteiger partial charge in [-0.25, -0.2) is 4.79 Å². The summed E-state index contributed by atoms with van der Waals surface area (Å²) in [5.41, 5.74) is 0. The molecule has 2 N–H and O–H groups in total. The van der Waals surface area contributed by atoms with E-state index in [1.54, 1.807) is 0 Å². The van der Waals surface area contributed by atoms with Gasteiger partial charge < -0.3 is 15.4 Å². The number of carbonyl (C=O) groups is 2. The van der Waals surface area contributed by atoms with Gasteiger partial charge in [-0.15, -0.1) is 0 Å². The summed E-state index contributed by atoms with van der Waals surface area (Å²) in [5.74, 6) is -0.582. The van der Waals surface area contributed by atoms with Gasteiger partial charge in [-0.1, -0.05) is 20.8 Å². The third kappa shape index (κ3) is 6.26. The summed E-state index contributed by atoms with van der Waals surface area (Å²) in [4.78, 5) is 23.0. The fourth-order valence-corrected chi connectivity index (χ4v) is 1.26. The third-order valence-electron chi connectivity index (χ3n) is 2.66. The van der Waals surface area contributed by atoms with Crippen LogP contribution in [-0.4, -0.2) is 37.6 Å². The van der Waals surface area contributed by atoms with E-state index in [1.165, 1.54) is 7.11 Å². The van der Waals surface area contributed by atoms with Crippen LogP contribution in [0.1, 0.15) is 34.1 Å². The van der Waals surface area contributed by atoms with E-state index in [4.69, 9.17) is 0 Å². The second-order valence-corrected chi connectivity index (χ2v) is 4.50. The molecule has 2 atom stereocenters. The van der Waals surface area contributed by atoms with Gasteiger partial charge in [0.15, 0.2) is 0 Å². The minimum Gasteiger partial charge on any atom is -0.467 e. The number of carbonyl (C=O) groups excluding carboxylic acids is 2. The third-order valence-corrected chi connectivity index (χ3v) is 2.66. The van der Waals surface area contributed by atoms with Crippen molar-refractivity contribution in [3.63, 3.8) is 0 Å². The Morgan fingerprint density at radius 3 is 2.24 bits per heavy atom. The smallest absolute Gasteiger partial charge is 0.328 e. The van der Waals surface area contributed by atoms with Crippen LogP contribution in [0, 0.1) is 5.92 Å². The topological polar surface area (TPSA) is 67.4 Å². The molecule has 5 nitrogen and oxygen atoms in total. The van der Waals surface area contributed by atoms with Crippen LogP contribution in [0.25, 0.3) is 0 Å². The van der Waals surface area contributed by atoms with Gasteiger partial charge in [-0.2, -0.15) is 0 Å². The Kier molecular flexibility index (Phi) is 7.54. The molecule has 100 valence electrons. The first kappa shape index (κ1) is 15.9. The van der Waals surface area contributed by atoms with Gasteiger partial charge in [0.05, 0.1) is 13.7 Å². The number of nitrogens with one attached hydrogen (secondary N) is 2. The maximum atomic E-state index is 11.6.